The Morgan fingerprint density at radius 3 is 2.47 bits per heavy atom. The van der Waals surface area contributed by atoms with Crippen LogP contribution in [0.25, 0.3) is 0 Å². The number of carbonyl (C=O) groups excluding carboxylic acids is 1. The lowest BCUT2D eigenvalue weighted by Gasteiger charge is -2.24. The summed E-state index contributed by atoms with van der Waals surface area (Å²) in [5, 5.41) is 4.46. The predicted octanol–water partition coefficient (Wildman–Crippen LogP) is 2.30. The molecule has 0 aromatic carbocycles. The third-order valence-corrected chi connectivity index (χ3v) is 2.96. The summed E-state index contributed by atoms with van der Waals surface area (Å²) in [6.45, 7) is 10.6. The minimum Gasteiger partial charge on any atom is -0.444 e. The third kappa shape index (κ3) is 2.67. The van der Waals surface area contributed by atoms with Crippen LogP contribution in [0.3, 0.4) is 0 Å². The summed E-state index contributed by atoms with van der Waals surface area (Å²) < 4.78 is 7.15. The molecule has 0 aliphatic carbocycles. The van der Waals surface area contributed by atoms with Crippen molar-refractivity contribution in [1.82, 2.24) is 14.7 Å². The van der Waals surface area contributed by atoms with Crippen LogP contribution in [0.5, 0.6) is 0 Å². The molecule has 106 valence electrons. The summed E-state index contributed by atoms with van der Waals surface area (Å²) in [5.41, 5.74) is 7.40. The zero-order chi connectivity index (χ0) is 14.4. The molecule has 6 nitrogen and oxygen atoms in total. The van der Waals surface area contributed by atoms with Gasteiger partial charge in [0.25, 0.3) is 0 Å². The fourth-order valence-electron chi connectivity index (χ4n) is 2.11. The fourth-order valence-corrected chi connectivity index (χ4v) is 2.11. The molecule has 0 bridgehead atoms. The average Bonchev–Trinajstić information content (AvgIpc) is 2.76. The van der Waals surface area contributed by atoms with Crippen molar-refractivity contribution < 1.29 is 9.53 Å². The topological polar surface area (TPSA) is 73.4 Å². The molecule has 2 N–H and O–H groups in total. The van der Waals surface area contributed by atoms with Gasteiger partial charge in [0.2, 0.25) is 0 Å². The molecule has 1 aromatic rings. The molecule has 1 aliphatic heterocycles. The van der Waals surface area contributed by atoms with E-state index in [0.29, 0.717) is 18.9 Å². The van der Waals surface area contributed by atoms with Crippen LogP contribution in [0.1, 0.15) is 51.9 Å². The lowest BCUT2D eigenvalue weighted by Crippen LogP contribution is -2.33. The molecular formula is C13H22N4O2. The summed E-state index contributed by atoms with van der Waals surface area (Å²) in [6.07, 6.45) is -0.319. The number of amides is 1. The Morgan fingerprint density at radius 2 is 2.00 bits per heavy atom. The number of nitrogens with zero attached hydrogens (tertiary/aromatic N) is 3. The van der Waals surface area contributed by atoms with Gasteiger partial charge < -0.3 is 10.5 Å². The van der Waals surface area contributed by atoms with Crippen LogP contribution < -0.4 is 5.73 Å². The highest BCUT2D eigenvalue weighted by Crippen LogP contribution is 2.30. The predicted molar refractivity (Wildman–Crippen MR) is 72.5 cm³/mol. The average molecular weight is 266 g/mol. The number of hydrogen-bond acceptors (Lipinski definition) is 4. The van der Waals surface area contributed by atoms with Crippen molar-refractivity contribution in [3.8, 4) is 0 Å². The number of rotatable bonds is 1. The molecule has 0 saturated carbocycles. The Morgan fingerprint density at radius 1 is 1.37 bits per heavy atom. The molecule has 1 aromatic heterocycles. The van der Waals surface area contributed by atoms with E-state index in [1.807, 2.05) is 34.6 Å². The molecule has 6 heteroatoms. The Labute approximate surface area is 113 Å². The first-order valence-corrected chi connectivity index (χ1v) is 6.52. The highest BCUT2D eigenvalue weighted by atomic mass is 16.6. The summed E-state index contributed by atoms with van der Waals surface area (Å²) in [4.78, 5) is 13.6. The molecule has 1 amide bonds. The van der Waals surface area contributed by atoms with Crippen LogP contribution in [-0.4, -0.2) is 26.4 Å². The molecule has 0 spiro atoms. The van der Waals surface area contributed by atoms with Crippen molar-refractivity contribution in [3.63, 3.8) is 0 Å². The first-order valence-electron chi connectivity index (χ1n) is 6.52. The Balaban J connectivity index is 2.12. The maximum absolute atomic E-state index is 12.0. The standard InChI is InChI=1S/C13H22N4O2/c1-8(2)17-11(14)9-6-16(7-10(9)15-17)12(18)19-13(3,4)5/h8H,6-7,14H2,1-5H3. The smallest absolute Gasteiger partial charge is 0.410 e. The van der Waals surface area contributed by atoms with E-state index in [1.54, 1.807) is 9.58 Å². The minimum atomic E-state index is -0.486. The second-order valence-corrected chi connectivity index (χ2v) is 6.19. The summed E-state index contributed by atoms with van der Waals surface area (Å²) in [6, 6.07) is 0.223. The fraction of sp³-hybridized carbons (Fsp3) is 0.692. The molecule has 1 aliphatic rings. The zero-order valence-electron chi connectivity index (χ0n) is 12.2. The Hall–Kier alpha value is -1.72. The second kappa shape index (κ2) is 4.43. The van der Waals surface area contributed by atoms with Crippen molar-refractivity contribution in [2.24, 2.45) is 0 Å². The normalized spacial score (nSPS) is 14.9. The number of anilines is 1. The quantitative estimate of drug-likeness (QED) is 0.846. The molecule has 0 saturated heterocycles. The highest BCUT2D eigenvalue weighted by molar-refractivity contribution is 5.70. The number of nitrogens with two attached hydrogens (primary N) is 1. The van der Waals surface area contributed by atoms with Crippen LogP contribution in [0.15, 0.2) is 0 Å². The van der Waals surface area contributed by atoms with Gasteiger partial charge in [0.15, 0.2) is 0 Å². The van der Waals surface area contributed by atoms with E-state index in [-0.39, 0.29) is 12.1 Å². The first-order chi connectivity index (χ1) is 8.69. The van der Waals surface area contributed by atoms with Gasteiger partial charge >= 0.3 is 6.09 Å². The molecule has 0 fully saturated rings. The van der Waals surface area contributed by atoms with E-state index in [2.05, 4.69) is 5.10 Å². The van der Waals surface area contributed by atoms with E-state index in [4.69, 9.17) is 10.5 Å². The molecular weight excluding hydrogens is 244 g/mol. The van der Waals surface area contributed by atoms with E-state index < -0.39 is 5.60 Å². The molecule has 19 heavy (non-hydrogen) atoms. The van der Waals surface area contributed by atoms with Crippen molar-refractivity contribution in [2.45, 2.75) is 59.4 Å². The maximum Gasteiger partial charge on any atom is 0.410 e. The van der Waals surface area contributed by atoms with Crippen LogP contribution in [0.4, 0.5) is 10.6 Å². The van der Waals surface area contributed by atoms with Crippen LogP contribution in [0, 0.1) is 0 Å². The number of ether oxygens (including phenoxy) is 1. The summed E-state index contributed by atoms with van der Waals surface area (Å²) in [5.74, 6) is 0.649. The zero-order valence-corrected chi connectivity index (χ0v) is 12.2. The first kappa shape index (κ1) is 13.7. The maximum atomic E-state index is 12.0. The number of aromatic nitrogens is 2. The van der Waals surface area contributed by atoms with E-state index in [9.17, 15) is 4.79 Å². The molecule has 2 rings (SSSR count). The van der Waals surface area contributed by atoms with Gasteiger partial charge in [-0.05, 0) is 34.6 Å². The lowest BCUT2D eigenvalue weighted by atomic mass is 10.2. The minimum absolute atomic E-state index is 0.223. The van der Waals surface area contributed by atoms with E-state index in [0.717, 1.165) is 11.3 Å². The molecule has 2 heterocycles. The van der Waals surface area contributed by atoms with E-state index in [1.165, 1.54) is 0 Å². The van der Waals surface area contributed by atoms with Crippen LogP contribution >= 0.6 is 0 Å². The Kier molecular flexibility index (Phi) is 3.20. The van der Waals surface area contributed by atoms with Crippen molar-refractivity contribution in [1.29, 1.82) is 0 Å². The lowest BCUT2D eigenvalue weighted by molar-refractivity contribution is 0.0239. The summed E-state index contributed by atoms with van der Waals surface area (Å²) in [7, 11) is 0. The summed E-state index contributed by atoms with van der Waals surface area (Å²) >= 11 is 0. The van der Waals surface area contributed by atoms with Crippen molar-refractivity contribution in [3.05, 3.63) is 11.3 Å². The number of fused-ring (bicyclic) bond motifs is 1. The molecule has 0 unspecified atom stereocenters. The molecule has 0 radical (unpaired) electrons. The molecule has 0 atom stereocenters. The van der Waals surface area contributed by atoms with Crippen molar-refractivity contribution >= 4 is 11.9 Å². The Bertz CT molecular complexity index is 499. The SMILES string of the molecule is CC(C)n1nc2c(c1N)CN(C(=O)OC(C)(C)C)C2. The van der Waals surface area contributed by atoms with Gasteiger partial charge in [-0.2, -0.15) is 5.10 Å². The van der Waals surface area contributed by atoms with Gasteiger partial charge in [0.05, 0.1) is 18.8 Å². The van der Waals surface area contributed by atoms with Gasteiger partial charge in [-0.3, -0.25) is 4.90 Å². The number of nitrogen functional groups attached to an aromatic ring is 1. The largest absolute Gasteiger partial charge is 0.444 e. The van der Waals surface area contributed by atoms with Gasteiger partial charge in [-0.15, -0.1) is 0 Å². The van der Waals surface area contributed by atoms with Crippen LogP contribution in [0.2, 0.25) is 0 Å². The second-order valence-electron chi connectivity index (χ2n) is 6.19. The van der Waals surface area contributed by atoms with Crippen molar-refractivity contribution in [2.75, 3.05) is 5.73 Å². The van der Waals surface area contributed by atoms with Gasteiger partial charge in [0, 0.05) is 11.6 Å². The third-order valence-electron chi connectivity index (χ3n) is 2.96. The van der Waals surface area contributed by atoms with Crippen LogP contribution in [-0.2, 0) is 17.8 Å². The van der Waals surface area contributed by atoms with Gasteiger partial charge in [-0.25, -0.2) is 9.48 Å². The number of hydrogen-bond donors (Lipinski definition) is 1. The monoisotopic (exact) mass is 266 g/mol. The van der Waals surface area contributed by atoms with Gasteiger partial charge in [0.1, 0.15) is 11.4 Å². The van der Waals surface area contributed by atoms with E-state index >= 15 is 0 Å². The van der Waals surface area contributed by atoms with Gasteiger partial charge in [-0.1, -0.05) is 0 Å². The highest BCUT2D eigenvalue weighted by Gasteiger charge is 2.32. The number of carbonyl (C=O) groups is 1.